The van der Waals surface area contributed by atoms with Gasteiger partial charge in [-0.05, 0) is 24.3 Å². The average molecular weight is 369 g/mol. The van der Waals surface area contributed by atoms with Gasteiger partial charge in [0.25, 0.3) is 5.91 Å². The summed E-state index contributed by atoms with van der Waals surface area (Å²) < 4.78 is 17.0. The molecule has 0 bridgehead atoms. The quantitative estimate of drug-likeness (QED) is 0.594. The van der Waals surface area contributed by atoms with E-state index in [1.807, 2.05) is 30.3 Å². The molecule has 0 aliphatic rings. The van der Waals surface area contributed by atoms with Crippen molar-refractivity contribution in [1.82, 2.24) is 14.7 Å². The summed E-state index contributed by atoms with van der Waals surface area (Å²) >= 11 is 0. The van der Waals surface area contributed by atoms with Gasteiger partial charge in [0.05, 0.1) is 31.8 Å². The summed E-state index contributed by atoms with van der Waals surface area (Å²) in [5, 5.41) is 4.21. The molecule has 3 aromatic rings. The van der Waals surface area contributed by atoms with Crippen molar-refractivity contribution in [1.29, 1.82) is 0 Å². The fourth-order valence-corrected chi connectivity index (χ4v) is 2.39. The predicted octanol–water partition coefficient (Wildman–Crippen LogP) is 2.29. The van der Waals surface area contributed by atoms with E-state index in [1.165, 1.54) is 23.0 Å². The molecule has 0 fully saturated rings. The highest BCUT2D eigenvalue weighted by atomic mass is 16.5. The number of nitrogens with zero attached hydrogens (tertiary/aromatic N) is 3. The van der Waals surface area contributed by atoms with Gasteiger partial charge in [-0.15, -0.1) is 0 Å². The van der Waals surface area contributed by atoms with Crippen molar-refractivity contribution in [2.45, 2.75) is 6.54 Å². The number of carbonyl (C=O) groups excluding carboxylic acids is 2. The number of hydrogen-bond acceptors (Lipinski definition) is 6. The van der Waals surface area contributed by atoms with Crippen molar-refractivity contribution in [2.75, 3.05) is 20.8 Å². The molecular formula is C19H19N3O5. The van der Waals surface area contributed by atoms with Crippen LogP contribution in [0.15, 0.2) is 59.3 Å². The molecule has 0 atom stereocenters. The minimum absolute atomic E-state index is 0.00263. The third kappa shape index (κ3) is 4.35. The Balaban J connectivity index is 1.63. The fraction of sp³-hybridized carbons (Fsp3) is 0.211. The van der Waals surface area contributed by atoms with E-state index in [1.54, 1.807) is 25.4 Å². The van der Waals surface area contributed by atoms with Gasteiger partial charge in [-0.1, -0.05) is 18.2 Å². The maximum Gasteiger partial charge on any atom is 0.363 e. The van der Waals surface area contributed by atoms with E-state index >= 15 is 0 Å². The number of hydrogen-bond donors (Lipinski definition) is 0. The number of likely N-dealkylation sites (N-methyl/N-ethyl adjacent to an activating group) is 1. The van der Waals surface area contributed by atoms with Crippen LogP contribution in [0.3, 0.4) is 0 Å². The van der Waals surface area contributed by atoms with Gasteiger partial charge >= 0.3 is 5.97 Å². The molecule has 0 aliphatic heterocycles. The first kappa shape index (κ1) is 18.2. The average Bonchev–Trinajstić information content (AvgIpc) is 3.36. The zero-order valence-electron chi connectivity index (χ0n) is 15.0. The van der Waals surface area contributed by atoms with Crippen LogP contribution in [0.2, 0.25) is 0 Å². The van der Waals surface area contributed by atoms with Gasteiger partial charge in [-0.3, -0.25) is 4.79 Å². The first-order chi connectivity index (χ1) is 13.1. The SMILES string of the molecule is COc1cn(-c2ccccc2)nc1C(=O)OCC(=O)N(C)Cc1ccco1. The number of para-hydroxylation sites is 1. The number of rotatable bonds is 7. The molecule has 1 aromatic carbocycles. The Kier molecular flexibility index (Phi) is 5.55. The lowest BCUT2D eigenvalue weighted by Gasteiger charge is -2.15. The number of aromatic nitrogens is 2. The van der Waals surface area contributed by atoms with Crippen LogP contribution in [0, 0.1) is 0 Å². The lowest BCUT2D eigenvalue weighted by atomic mass is 10.3. The smallest absolute Gasteiger partial charge is 0.363 e. The largest absolute Gasteiger partial charge is 0.493 e. The molecule has 8 heteroatoms. The van der Waals surface area contributed by atoms with E-state index in [9.17, 15) is 9.59 Å². The van der Waals surface area contributed by atoms with E-state index in [2.05, 4.69) is 5.10 Å². The van der Waals surface area contributed by atoms with Crippen molar-refractivity contribution in [3.63, 3.8) is 0 Å². The van der Waals surface area contributed by atoms with Crippen molar-refractivity contribution in [3.8, 4) is 11.4 Å². The lowest BCUT2D eigenvalue weighted by Crippen LogP contribution is -2.30. The molecule has 0 saturated heterocycles. The Morgan fingerprint density at radius 1 is 1.19 bits per heavy atom. The standard InChI is InChI=1S/C19H19N3O5/c1-21(11-15-9-6-10-26-15)17(23)13-27-19(24)18-16(25-2)12-22(20-18)14-7-4-3-5-8-14/h3-10,12H,11,13H2,1-2H3. The van der Waals surface area contributed by atoms with Gasteiger partial charge in [-0.25, -0.2) is 9.48 Å². The third-order valence-corrected chi connectivity index (χ3v) is 3.84. The molecule has 0 radical (unpaired) electrons. The van der Waals surface area contributed by atoms with Crippen molar-refractivity contribution >= 4 is 11.9 Å². The minimum Gasteiger partial charge on any atom is -0.493 e. The van der Waals surface area contributed by atoms with Gasteiger partial charge in [0.2, 0.25) is 5.69 Å². The Morgan fingerprint density at radius 2 is 1.96 bits per heavy atom. The van der Waals surface area contributed by atoms with Gasteiger partial charge in [0, 0.05) is 7.05 Å². The van der Waals surface area contributed by atoms with Crippen LogP contribution in [0.1, 0.15) is 16.2 Å². The molecular weight excluding hydrogens is 350 g/mol. The zero-order valence-corrected chi connectivity index (χ0v) is 15.0. The molecule has 1 amide bonds. The summed E-state index contributed by atoms with van der Waals surface area (Å²) in [5.41, 5.74) is 0.770. The van der Waals surface area contributed by atoms with E-state index in [-0.39, 0.29) is 23.9 Å². The second-order valence-corrected chi connectivity index (χ2v) is 5.73. The Morgan fingerprint density at radius 3 is 2.63 bits per heavy atom. The molecule has 2 aromatic heterocycles. The highest BCUT2D eigenvalue weighted by Crippen LogP contribution is 2.20. The van der Waals surface area contributed by atoms with Crippen LogP contribution in [0.25, 0.3) is 5.69 Å². The van der Waals surface area contributed by atoms with E-state index in [4.69, 9.17) is 13.9 Å². The first-order valence-electron chi connectivity index (χ1n) is 8.21. The van der Waals surface area contributed by atoms with Gasteiger partial charge in [-0.2, -0.15) is 5.10 Å². The van der Waals surface area contributed by atoms with Crippen LogP contribution in [0.4, 0.5) is 0 Å². The maximum absolute atomic E-state index is 12.3. The number of amides is 1. The summed E-state index contributed by atoms with van der Waals surface area (Å²) in [7, 11) is 3.04. The van der Waals surface area contributed by atoms with Crippen molar-refractivity contribution < 1.29 is 23.5 Å². The number of ether oxygens (including phenoxy) is 2. The van der Waals surface area contributed by atoms with Gasteiger partial charge in [0.15, 0.2) is 12.4 Å². The molecule has 0 unspecified atom stereocenters. The maximum atomic E-state index is 12.3. The summed E-state index contributed by atoms with van der Waals surface area (Å²) in [6.07, 6.45) is 3.11. The molecule has 3 rings (SSSR count). The number of esters is 1. The summed E-state index contributed by atoms with van der Waals surface area (Å²) in [6, 6.07) is 12.8. The topological polar surface area (TPSA) is 86.8 Å². The number of methoxy groups -OCH3 is 1. The molecule has 0 aliphatic carbocycles. The van der Waals surface area contributed by atoms with Crippen molar-refractivity contribution in [3.05, 3.63) is 66.4 Å². The second kappa shape index (κ2) is 8.22. The molecule has 140 valence electrons. The van der Waals surface area contributed by atoms with Crippen LogP contribution in [-0.2, 0) is 16.1 Å². The monoisotopic (exact) mass is 369 g/mol. The second-order valence-electron chi connectivity index (χ2n) is 5.73. The highest BCUT2D eigenvalue weighted by molar-refractivity contribution is 5.92. The molecule has 0 N–H and O–H groups in total. The van der Waals surface area contributed by atoms with Crippen LogP contribution >= 0.6 is 0 Å². The molecule has 27 heavy (non-hydrogen) atoms. The van der Waals surface area contributed by atoms with Crippen LogP contribution < -0.4 is 4.74 Å². The molecule has 8 nitrogen and oxygen atoms in total. The van der Waals surface area contributed by atoms with E-state index in [0.717, 1.165) is 5.69 Å². The third-order valence-electron chi connectivity index (χ3n) is 3.84. The molecule has 2 heterocycles. The molecule has 0 spiro atoms. The van der Waals surface area contributed by atoms with Crippen LogP contribution in [0.5, 0.6) is 5.75 Å². The fourth-order valence-electron chi connectivity index (χ4n) is 2.39. The first-order valence-corrected chi connectivity index (χ1v) is 8.21. The summed E-state index contributed by atoms with van der Waals surface area (Å²) in [6.45, 7) is -0.118. The normalized spacial score (nSPS) is 10.4. The Labute approximate surface area is 155 Å². The number of benzene rings is 1. The highest BCUT2D eigenvalue weighted by Gasteiger charge is 2.22. The zero-order chi connectivity index (χ0) is 19.2. The van der Waals surface area contributed by atoms with E-state index < -0.39 is 12.6 Å². The Bertz CT molecular complexity index is 903. The number of carbonyl (C=O) groups is 2. The van der Waals surface area contributed by atoms with Crippen LogP contribution in [-0.4, -0.2) is 47.3 Å². The lowest BCUT2D eigenvalue weighted by molar-refractivity contribution is -0.134. The summed E-state index contributed by atoms with van der Waals surface area (Å²) in [5.74, 6) is -0.191. The number of furan rings is 1. The van der Waals surface area contributed by atoms with Gasteiger partial charge < -0.3 is 18.8 Å². The molecule has 0 saturated carbocycles. The van der Waals surface area contributed by atoms with E-state index in [0.29, 0.717) is 5.76 Å². The Hall–Kier alpha value is -3.55. The van der Waals surface area contributed by atoms with Gasteiger partial charge in [0.1, 0.15) is 5.76 Å². The predicted molar refractivity (Wildman–Crippen MR) is 95.6 cm³/mol. The minimum atomic E-state index is -0.735. The summed E-state index contributed by atoms with van der Waals surface area (Å²) in [4.78, 5) is 25.9. The van der Waals surface area contributed by atoms with Crippen molar-refractivity contribution in [2.24, 2.45) is 0 Å².